The lowest BCUT2D eigenvalue weighted by Gasteiger charge is -2.13. The lowest BCUT2D eigenvalue weighted by Crippen LogP contribution is -2.13. The first kappa shape index (κ1) is 13.1. The highest BCUT2D eigenvalue weighted by molar-refractivity contribution is 7.05. The van der Waals surface area contributed by atoms with Gasteiger partial charge in [0, 0.05) is 11.6 Å². The van der Waals surface area contributed by atoms with Crippen LogP contribution >= 0.6 is 11.5 Å². The standard InChI is InChI=1S/C15H16N4S/c1-9(2)14-15(20-19-18-14)13(16)11-6-5-10-4-3-7-17-12(10)8-11/h3-9,13H,16H2,1-2H3. The average Bonchev–Trinajstić information content (AvgIpc) is 2.95. The molecule has 1 unspecified atom stereocenters. The Morgan fingerprint density at radius 1 is 1.20 bits per heavy atom. The monoisotopic (exact) mass is 284 g/mol. The molecule has 4 nitrogen and oxygen atoms in total. The van der Waals surface area contributed by atoms with Gasteiger partial charge in [0.15, 0.2) is 0 Å². The minimum absolute atomic E-state index is 0.196. The van der Waals surface area contributed by atoms with Gasteiger partial charge in [-0.3, -0.25) is 4.98 Å². The van der Waals surface area contributed by atoms with E-state index in [0.29, 0.717) is 5.92 Å². The van der Waals surface area contributed by atoms with Crippen LogP contribution in [0.5, 0.6) is 0 Å². The van der Waals surface area contributed by atoms with Gasteiger partial charge < -0.3 is 5.73 Å². The number of aromatic nitrogens is 3. The van der Waals surface area contributed by atoms with Crippen LogP contribution in [-0.4, -0.2) is 14.6 Å². The summed E-state index contributed by atoms with van der Waals surface area (Å²) in [6, 6.07) is 9.94. The van der Waals surface area contributed by atoms with E-state index in [9.17, 15) is 0 Å². The quantitative estimate of drug-likeness (QED) is 0.801. The second-order valence-corrected chi connectivity index (χ2v) is 5.90. The van der Waals surface area contributed by atoms with Crippen molar-refractivity contribution >= 4 is 22.4 Å². The third-order valence-corrected chi connectivity index (χ3v) is 4.18. The molecule has 0 saturated heterocycles. The molecular weight excluding hydrogens is 268 g/mol. The van der Waals surface area contributed by atoms with Gasteiger partial charge in [-0.25, -0.2) is 0 Å². The van der Waals surface area contributed by atoms with Gasteiger partial charge in [-0.2, -0.15) is 0 Å². The van der Waals surface area contributed by atoms with Crippen molar-refractivity contribution in [3.63, 3.8) is 0 Å². The summed E-state index contributed by atoms with van der Waals surface area (Å²) in [6.07, 6.45) is 1.80. The fourth-order valence-electron chi connectivity index (χ4n) is 2.25. The largest absolute Gasteiger partial charge is 0.319 e. The number of benzene rings is 1. The molecule has 0 bridgehead atoms. The van der Waals surface area contributed by atoms with Crippen LogP contribution in [0.2, 0.25) is 0 Å². The van der Waals surface area contributed by atoms with E-state index in [2.05, 4.69) is 40.6 Å². The number of nitrogens with two attached hydrogens (primary N) is 1. The molecular formula is C15H16N4S. The van der Waals surface area contributed by atoms with Gasteiger partial charge in [-0.05, 0) is 35.1 Å². The van der Waals surface area contributed by atoms with E-state index in [4.69, 9.17) is 5.73 Å². The Morgan fingerprint density at radius 3 is 2.85 bits per heavy atom. The summed E-state index contributed by atoms with van der Waals surface area (Å²) >= 11 is 1.38. The average molecular weight is 284 g/mol. The number of fused-ring (bicyclic) bond motifs is 1. The summed E-state index contributed by atoms with van der Waals surface area (Å²) in [5.74, 6) is 0.327. The van der Waals surface area contributed by atoms with E-state index in [0.717, 1.165) is 27.0 Å². The van der Waals surface area contributed by atoms with Crippen molar-refractivity contribution < 1.29 is 0 Å². The van der Waals surface area contributed by atoms with E-state index in [-0.39, 0.29) is 6.04 Å². The zero-order valence-corrected chi connectivity index (χ0v) is 12.3. The SMILES string of the molecule is CC(C)c1nnsc1C(N)c1ccc2cccnc2c1. The Morgan fingerprint density at radius 2 is 2.05 bits per heavy atom. The first-order valence-corrected chi connectivity index (χ1v) is 7.36. The highest BCUT2D eigenvalue weighted by Gasteiger charge is 2.19. The first-order valence-electron chi connectivity index (χ1n) is 6.59. The molecule has 0 fully saturated rings. The van der Waals surface area contributed by atoms with E-state index < -0.39 is 0 Å². The van der Waals surface area contributed by atoms with Crippen LogP contribution in [0.25, 0.3) is 10.9 Å². The van der Waals surface area contributed by atoms with Crippen LogP contribution in [0.1, 0.15) is 41.9 Å². The molecule has 0 radical (unpaired) electrons. The van der Waals surface area contributed by atoms with E-state index >= 15 is 0 Å². The topological polar surface area (TPSA) is 64.7 Å². The predicted octanol–water partition coefficient (Wildman–Crippen LogP) is 3.26. The Labute approximate surface area is 121 Å². The van der Waals surface area contributed by atoms with Crippen LogP contribution < -0.4 is 5.73 Å². The zero-order valence-electron chi connectivity index (χ0n) is 11.4. The number of nitrogens with zero attached hydrogens (tertiary/aromatic N) is 3. The summed E-state index contributed by atoms with van der Waals surface area (Å²) in [7, 11) is 0. The van der Waals surface area contributed by atoms with Crippen LogP contribution in [0.4, 0.5) is 0 Å². The predicted molar refractivity (Wildman–Crippen MR) is 81.8 cm³/mol. The Kier molecular flexibility index (Phi) is 3.46. The van der Waals surface area contributed by atoms with Gasteiger partial charge in [-0.1, -0.05) is 36.5 Å². The normalized spacial score (nSPS) is 13.0. The van der Waals surface area contributed by atoms with Gasteiger partial charge >= 0.3 is 0 Å². The molecule has 0 aliphatic heterocycles. The lowest BCUT2D eigenvalue weighted by atomic mass is 10.00. The molecule has 102 valence electrons. The highest BCUT2D eigenvalue weighted by atomic mass is 32.1. The van der Waals surface area contributed by atoms with Crippen molar-refractivity contribution in [2.24, 2.45) is 5.73 Å². The lowest BCUT2D eigenvalue weighted by molar-refractivity contribution is 0.771. The van der Waals surface area contributed by atoms with Crippen LogP contribution in [0.3, 0.4) is 0 Å². The van der Waals surface area contributed by atoms with Gasteiger partial charge in [0.05, 0.1) is 22.1 Å². The molecule has 1 atom stereocenters. The Hall–Kier alpha value is -1.85. The highest BCUT2D eigenvalue weighted by Crippen LogP contribution is 2.30. The van der Waals surface area contributed by atoms with Crippen molar-refractivity contribution in [1.29, 1.82) is 0 Å². The third kappa shape index (κ3) is 2.30. The zero-order chi connectivity index (χ0) is 14.1. The second-order valence-electron chi connectivity index (χ2n) is 5.11. The van der Waals surface area contributed by atoms with Crippen molar-refractivity contribution in [3.05, 3.63) is 52.7 Å². The maximum Gasteiger partial charge on any atom is 0.0832 e. The van der Waals surface area contributed by atoms with E-state index in [1.165, 1.54) is 11.5 Å². The number of hydrogen-bond donors (Lipinski definition) is 1. The summed E-state index contributed by atoms with van der Waals surface area (Å²) in [5.41, 5.74) is 9.39. The van der Waals surface area contributed by atoms with Crippen molar-refractivity contribution in [1.82, 2.24) is 14.6 Å². The summed E-state index contributed by atoms with van der Waals surface area (Å²) < 4.78 is 4.05. The second kappa shape index (κ2) is 5.26. The van der Waals surface area contributed by atoms with Gasteiger partial charge in [0.1, 0.15) is 0 Å². The van der Waals surface area contributed by atoms with Crippen molar-refractivity contribution in [2.45, 2.75) is 25.8 Å². The number of rotatable bonds is 3. The Bertz CT molecular complexity index is 735. The van der Waals surface area contributed by atoms with Crippen LogP contribution in [0.15, 0.2) is 36.5 Å². The van der Waals surface area contributed by atoms with E-state index in [1.54, 1.807) is 6.20 Å². The van der Waals surface area contributed by atoms with Crippen LogP contribution in [-0.2, 0) is 0 Å². The third-order valence-electron chi connectivity index (χ3n) is 3.36. The number of hydrogen-bond acceptors (Lipinski definition) is 5. The molecule has 2 aromatic heterocycles. The molecule has 3 aromatic rings. The van der Waals surface area contributed by atoms with Gasteiger partial charge in [0.25, 0.3) is 0 Å². The van der Waals surface area contributed by atoms with Crippen molar-refractivity contribution in [2.75, 3.05) is 0 Å². The molecule has 2 N–H and O–H groups in total. The molecule has 2 heterocycles. The molecule has 0 spiro atoms. The molecule has 0 aliphatic carbocycles. The maximum atomic E-state index is 6.39. The maximum absolute atomic E-state index is 6.39. The minimum atomic E-state index is -0.196. The van der Waals surface area contributed by atoms with Crippen LogP contribution in [0, 0.1) is 0 Å². The summed E-state index contributed by atoms with van der Waals surface area (Å²) in [6.45, 7) is 4.21. The molecule has 5 heteroatoms. The van der Waals surface area contributed by atoms with Gasteiger partial charge in [-0.15, -0.1) is 5.10 Å². The smallest absolute Gasteiger partial charge is 0.0832 e. The summed E-state index contributed by atoms with van der Waals surface area (Å²) in [5, 5.41) is 5.32. The molecule has 0 saturated carbocycles. The van der Waals surface area contributed by atoms with Crippen molar-refractivity contribution in [3.8, 4) is 0 Å². The van der Waals surface area contributed by atoms with E-state index in [1.807, 2.05) is 18.2 Å². The molecule has 3 rings (SSSR count). The molecule has 0 aliphatic rings. The molecule has 1 aromatic carbocycles. The molecule has 20 heavy (non-hydrogen) atoms. The summed E-state index contributed by atoms with van der Waals surface area (Å²) in [4.78, 5) is 5.42. The molecule has 0 amide bonds. The fourth-order valence-corrected chi connectivity index (χ4v) is 3.09. The Balaban J connectivity index is 2.03. The fraction of sp³-hybridized carbons (Fsp3) is 0.267. The number of pyridine rings is 1. The van der Waals surface area contributed by atoms with Gasteiger partial charge in [0.2, 0.25) is 0 Å². The first-order chi connectivity index (χ1) is 9.66. The minimum Gasteiger partial charge on any atom is -0.319 e.